The van der Waals surface area contributed by atoms with Crippen LogP contribution >= 0.6 is 23.7 Å². The number of halogens is 1. The highest BCUT2D eigenvalue weighted by atomic mass is 35.5. The van der Waals surface area contributed by atoms with Crippen molar-refractivity contribution in [3.05, 3.63) is 51.5 Å². The van der Waals surface area contributed by atoms with Crippen molar-refractivity contribution < 1.29 is 4.79 Å². The van der Waals surface area contributed by atoms with Crippen molar-refractivity contribution >= 4 is 29.7 Å². The summed E-state index contributed by atoms with van der Waals surface area (Å²) in [7, 11) is 0. The molecule has 0 aliphatic carbocycles. The van der Waals surface area contributed by atoms with Gasteiger partial charge in [0.05, 0.1) is 6.04 Å². The molecule has 2 aromatic rings. The third-order valence-electron chi connectivity index (χ3n) is 3.80. The first-order valence-corrected chi connectivity index (χ1v) is 7.62. The van der Waals surface area contributed by atoms with Crippen LogP contribution in [0.1, 0.15) is 39.6 Å². The molecule has 0 saturated heterocycles. The summed E-state index contributed by atoms with van der Waals surface area (Å²) in [5.74, 6) is 0.00273. The van der Waals surface area contributed by atoms with E-state index < -0.39 is 0 Å². The molecule has 1 aliphatic rings. The molecule has 1 aliphatic heterocycles. The molecular formula is C15H18ClN3OS. The van der Waals surface area contributed by atoms with Crippen LogP contribution in [0.5, 0.6) is 0 Å². The Morgan fingerprint density at radius 3 is 2.95 bits per heavy atom. The minimum atomic E-state index is 0. The van der Waals surface area contributed by atoms with Crippen molar-refractivity contribution in [2.24, 2.45) is 5.73 Å². The molecule has 0 fully saturated rings. The normalized spacial score (nSPS) is 17.0. The number of hydrogen-bond acceptors (Lipinski definition) is 4. The van der Waals surface area contributed by atoms with Crippen LogP contribution in [0.2, 0.25) is 0 Å². The van der Waals surface area contributed by atoms with Gasteiger partial charge in [-0.15, -0.1) is 23.7 Å². The molecule has 1 amide bonds. The van der Waals surface area contributed by atoms with Crippen LogP contribution in [0.4, 0.5) is 0 Å². The number of rotatable bonds is 2. The zero-order valence-electron chi connectivity index (χ0n) is 11.8. The first-order chi connectivity index (χ1) is 9.70. The predicted molar refractivity (Wildman–Crippen MR) is 86.9 cm³/mol. The molecule has 0 saturated carbocycles. The number of nitrogens with zero attached hydrogens (tertiary/aromatic N) is 2. The average molecular weight is 324 g/mol. The Bertz CT molecular complexity index is 643. The number of fused-ring (bicyclic) bond motifs is 1. The molecule has 3 rings (SSSR count). The van der Waals surface area contributed by atoms with E-state index in [1.165, 1.54) is 22.5 Å². The lowest BCUT2D eigenvalue weighted by atomic mass is 9.93. The average Bonchev–Trinajstić information content (AvgIpc) is 2.96. The molecule has 0 spiro atoms. The monoisotopic (exact) mass is 323 g/mol. The fraction of sp³-hybridized carbons (Fsp3) is 0.333. The summed E-state index contributed by atoms with van der Waals surface area (Å²) in [5, 5.41) is 2.61. The van der Waals surface area contributed by atoms with E-state index in [4.69, 9.17) is 5.73 Å². The summed E-state index contributed by atoms with van der Waals surface area (Å²) in [6, 6.07) is 8.42. The van der Waals surface area contributed by atoms with Crippen LogP contribution in [0.15, 0.2) is 29.6 Å². The highest BCUT2D eigenvalue weighted by Crippen LogP contribution is 2.30. The number of amides is 1. The van der Waals surface area contributed by atoms with Gasteiger partial charge in [0.1, 0.15) is 10.7 Å². The third-order valence-corrected chi connectivity index (χ3v) is 4.67. The van der Waals surface area contributed by atoms with E-state index in [1.807, 2.05) is 11.0 Å². The van der Waals surface area contributed by atoms with Gasteiger partial charge in [-0.1, -0.05) is 24.3 Å². The standard InChI is InChI=1S/C15H17N3OS.ClH/c1-10-12-5-3-2-4-11(12)6-7-18(10)15(19)13-9-20-14(8-16)17-13;/h2-5,9-10H,6-8,16H2,1H3;1H. The largest absolute Gasteiger partial charge is 0.330 e. The first kappa shape index (κ1) is 15.9. The van der Waals surface area contributed by atoms with E-state index >= 15 is 0 Å². The minimum Gasteiger partial charge on any atom is -0.330 e. The second kappa shape index (κ2) is 6.56. The van der Waals surface area contributed by atoms with Gasteiger partial charge < -0.3 is 10.6 Å². The smallest absolute Gasteiger partial charge is 0.273 e. The number of carbonyl (C=O) groups excluding carboxylic acids is 1. The second-order valence-electron chi connectivity index (χ2n) is 4.95. The van der Waals surface area contributed by atoms with Gasteiger partial charge >= 0.3 is 0 Å². The van der Waals surface area contributed by atoms with Crippen molar-refractivity contribution in [2.45, 2.75) is 25.9 Å². The maximum atomic E-state index is 12.6. The Hall–Kier alpha value is -1.43. The molecule has 2 heterocycles. The maximum Gasteiger partial charge on any atom is 0.273 e. The molecular weight excluding hydrogens is 306 g/mol. The van der Waals surface area contributed by atoms with Crippen LogP contribution in [0.25, 0.3) is 0 Å². The Labute approximate surface area is 134 Å². The topological polar surface area (TPSA) is 59.2 Å². The summed E-state index contributed by atoms with van der Waals surface area (Å²) in [4.78, 5) is 18.8. The van der Waals surface area contributed by atoms with E-state index in [2.05, 4.69) is 30.1 Å². The van der Waals surface area contributed by atoms with Crippen LogP contribution in [0, 0.1) is 0 Å². The van der Waals surface area contributed by atoms with Crippen molar-refractivity contribution in [3.8, 4) is 0 Å². The molecule has 1 aromatic carbocycles. The van der Waals surface area contributed by atoms with E-state index in [-0.39, 0.29) is 24.4 Å². The Balaban J connectivity index is 0.00000161. The van der Waals surface area contributed by atoms with E-state index in [0.29, 0.717) is 12.2 Å². The lowest BCUT2D eigenvalue weighted by molar-refractivity contribution is 0.0672. The highest BCUT2D eigenvalue weighted by molar-refractivity contribution is 7.09. The zero-order chi connectivity index (χ0) is 14.1. The van der Waals surface area contributed by atoms with Crippen molar-refractivity contribution in [2.75, 3.05) is 6.54 Å². The van der Waals surface area contributed by atoms with Crippen molar-refractivity contribution in [3.63, 3.8) is 0 Å². The van der Waals surface area contributed by atoms with Gasteiger partial charge in [-0.3, -0.25) is 4.79 Å². The lowest BCUT2D eigenvalue weighted by Gasteiger charge is -2.34. The summed E-state index contributed by atoms with van der Waals surface area (Å²) in [5.41, 5.74) is 8.65. The molecule has 1 unspecified atom stereocenters. The third kappa shape index (κ3) is 2.95. The Morgan fingerprint density at radius 2 is 2.24 bits per heavy atom. The lowest BCUT2D eigenvalue weighted by Crippen LogP contribution is -2.39. The minimum absolute atomic E-state index is 0. The molecule has 2 N–H and O–H groups in total. The number of aromatic nitrogens is 1. The molecule has 1 aromatic heterocycles. The molecule has 0 bridgehead atoms. The van der Waals surface area contributed by atoms with Gasteiger partial charge in [-0.05, 0) is 24.5 Å². The quantitative estimate of drug-likeness (QED) is 0.924. The SMILES string of the molecule is CC1c2ccccc2CCN1C(=O)c1csc(CN)n1.Cl. The molecule has 1 atom stereocenters. The van der Waals surface area contributed by atoms with Gasteiger partial charge in [-0.25, -0.2) is 4.98 Å². The van der Waals surface area contributed by atoms with E-state index in [0.717, 1.165) is 18.0 Å². The highest BCUT2D eigenvalue weighted by Gasteiger charge is 2.29. The van der Waals surface area contributed by atoms with Crippen molar-refractivity contribution in [1.82, 2.24) is 9.88 Å². The summed E-state index contributed by atoms with van der Waals surface area (Å²) in [6.07, 6.45) is 0.903. The van der Waals surface area contributed by atoms with Gasteiger partial charge in [0.2, 0.25) is 0 Å². The molecule has 21 heavy (non-hydrogen) atoms. The Kier molecular flexibility index (Phi) is 4.98. The van der Waals surface area contributed by atoms with Crippen LogP contribution in [-0.2, 0) is 13.0 Å². The van der Waals surface area contributed by atoms with Gasteiger partial charge in [0.25, 0.3) is 5.91 Å². The van der Waals surface area contributed by atoms with Crippen molar-refractivity contribution in [1.29, 1.82) is 0 Å². The second-order valence-corrected chi connectivity index (χ2v) is 5.90. The first-order valence-electron chi connectivity index (χ1n) is 6.74. The van der Waals surface area contributed by atoms with Crippen LogP contribution in [0.3, 0.4) is 0 Å². The summed E-state index contributed by atoms with van der Waals surface area (Å²) in [6.45, 7) is 3.20. The number of hydrogen-bond donors (Lipinski definition) is 1. The number of nitrogens with two attached hydrogens (primary N) is 1. The zero-order valence-corrected chi connectivity index (χ0v) is 13.4. The molecule has 112 valence electrons. The predicted octanol–water partition coefficient (Wildman–Crippen LogP) is 2.78. The Morgan fingerprint density at radius 1 is 1.48 bits per heavy atom. The number of benzene rings is 1. The number of thiazole rings is 1. The summed E-state index contributed by atoms with van der Waals surface area (Å²) >= 11 is 1.45. The van der Waals surface area contributed by atoms with Crippen LogP contribution in [-0.4, -0.2) is 22.3 Å². The molecule has 6 heteroatoms. The summed E-state index contributed by atoms with van der Waals surface area (Å²) < 4.78 is 0. The maximum absolute atomic E-state index is 12.6. The van der Waals surface area contributed by atoms with E-state index in [1.54, 1.807) is 5.38 Å². The van der Waals surface area contributed by atoms with Crippen LogP contribution < -0.4 is 5.73 Å². The fourth-order valence-corrected chi connectivity index (χ4v) is 3.35. The van der Waals surface area contributed by atoms with Gasteiger partial charge in [0.15, 0.2) is 0 Å². The molecule has 4 nitrogen and oxygen atoms in total. The molecule has 0 radical (unpaired) electrons. The van der Waals surface area contributed by atoms with E-state index in [9.17, 15) is 4.79 Å². The number of carbonyl (C=O) groups is 1. The van der Waals surface area contributed by atoms with Gasteiger partial charge in [-0.2, -0.15) is 0 Å². The van der Waals surface area contributed by atoms with Gasteiger partial charge in [0, 0.05) is 18.5 Å². The fourth-order valence-electron chi connectivity index (χ4n) is 2.70.